The van der Waals surface area contributed by atoms with Crippen LogP contribution in [0.2, 0.25) is 0 Å². The lowest BCUT2D eigenvalue weighted by molar-refractivity contribution is 0.117. The molecule has 2 N–H and O–H groups in total. The molecular weight excluding hydrogens is 441 g/mol. The predicted molar refractivity (Wildman–Crippen MR) is 118 cm³/mol. The fourth-order valence-electron chi connectivity index (χ4n) is 2.44. The van der Waals surface area contributed by atoms with Crippen molar-refractivity contribution in [2.75, 3.05) is 40.0 Å². The molecule has 1 aliphatic carbocycles. The molecule has 1 fully saturated rings. The zero-order valence-electron chi connectivity index (χ0n) is 15.9. The first-order chi connectivity index (χ1) is 12.4. The summed E-state index contributed by atoms with van der Waals surface area (Å²) < 4.78 is 11.3. The Morgan fingerprint density at radius 3 is 2.38 bits per heavy atom. The van der Waals surface area contributed by atoms with Crippen molar-refractivity contribution in [1.29, 1.82) is 0 Å². The number of nitrogens with one attached hydrogen (secondary N) is 2. The first-order valence-corrected chi connectivity index (χ1v) is 9.52. The van der Waals surface area contributed by atoms with Crippen LogP contribution in [0.3, 0.4) is 0 Å². The van der Waals surface area contributed by atoms with Crippen LogP contribution in [-0.2, 0) is 16.1 Å². The largest absolute Gasteiger partial charge is 0.381 e. The Balaban J connectivity index is 0.00000338. The second-order valence-electron chi connectivity index (χ2n) is 6.54. The summed E-state index contributed by atoms with van der Waals surface area (Å²) in [6.07, 6.45) is 5.84. The average molecular weight is 475 g/mol. The Hall–Kier alpha value is -0.860. The lowest BCUT2D eigenvalue weighted by Crippen LogP contribution is -2.38. The van der Waals surface area contributed by atoms with Crippen molar-refractivity contribution >= 4 is 29.9 Å². The molecule has 1 saturated carbocycles. The summed E-state index contributed by atoms with van der Waals surface area (Å²) >= 11 is 0. The number of halogens is 1. The number of guanidine groups is 1. The molecule has 0 heterocycles. The van der Waals surface area contributed by atoms with Gasteiger partial charge in [-0.3, -0.25) is 4.99 Å². The molecule has 0 atom stereocenters. The maximum atomic E-state index is 5.69. The summed E-state index contributed by atoms with van der Waals surface area (Å²) in [4.78, 5) is 4.24. The molecule has 0 amide bonds. The molecule has 0 spiro atoms. The van der Waals surface area contributed by atoms with Crippen molar-refractivity contribution in [1.82, 2.24) is 10.6 Å². The highest BCUT2D eigenvalue weighted by atomic mass is 127. The van der Waals surface area contributed by atoms with Crippen molar-refractivity contribution in [2.45, 2.75) is 38.7 Å². The molecule has 0 bridgehead atoms. The molecule has 6 heteroatoms. The Morgan fingerprint density at radius 1 is 1.00 bits per heavy atom. The summed E-state index contributed by atoms with van der Waals surface area (Å²) in [6, 6.07) is 10.3. The molecule has 5 nitrogen and oxygen atoms in total. The Labute approximate surface area is 175 Å². The van der Waals surface area contributed by atoms with E-state index in [1.54, 1.807) is 0 Å². The fourth-order valence-corrected chi connectivity index (χ4v) is 2.44. The topological polar surface area (TPSA) is 54.9 Å². The van der Waals surface area contributed by atoms with Crippen LogP contribution in [0, 0.1) is 5.92 Å². The minimum Gasteiger partial charge on any atom is -0.381 e. The van der Waals surface area contributed by atoms with Crippen LogP contribution >= 0.6 is 24.0 Å². The van der Waals surface area contributed by atoms with Gasteiger partial charge in [0, 0.05) is 40.0 Å². The highest BCUT2D eigenvalue weighted by molar-refractivity contribution is 14.0. The molecule has 26 heavy (non-hydrogen) atoms. The SMILES string of the molecule is CN=C(NCCCCOCc1ccccc1)NCCCOCC1CC1.I. The monoisotopic (exact) mass is 475 g/mol. The minimum atomic E-state index is 0. The third-order valence-corrected chi connectivity index (χ3v) is 4.15. The Morgan fingerprint density at radius 2 is 1.69 bits per heavy atom. The molecule has 1 aromatic rings. The van der Waals surface area contributed by atoms with E-state index < -0.39 is 0 Å². The number of benzene rings is 1. The molecule has 0 radical (unpaired) electrons. The van der Waals surface area contributed by atoms with E-state index in [4.69, 9.17) is 9.47 Å². The Bertz CT molecular complexity index is 481. The standard InChI is InChI=1S/C20H33N3O2.HI/c1-21-20(23-13-7-15-25-17-19-10-11-19)22-12-5-6-14-24-16-18-8-3-2-4-9-18;/h2-4,8-9,19H,5-7,10-17H2,1H3,(H2,21,22,23);1H. The second kappa shape index (κ2) is 15.2. The first kappa shape index (κ1) is 23.2. The molecule has 2 rings (SSSR count). The lowest BCUT2D eigenvalue weighted by Gasteiger charge is -2.12. The Kier molecular flexibility index (Phi) is 13.6. The van der Waals surface area contributed by atoms with Gasteiger partial charge in [0.2, 0.25) is 0 Å². The normalized spacial score (nSPS) is 14.0. The van der Waals surface area contributed by atoms with E-state index in [-0.39, 0.29) is 24.0 Å². The van der Waals surface area contributed by atoms with Crippen molar-refractivity contribution in [3.05, 3.63) is 35.9 Å². The highest BCUT2D eigenvalue weighted by Gasteiger charge is 2.20. The van der Waals surface area contributed by atoms with Crippen LogP contribution in [0.4, 0.5) is 0 Å². The summed E-state index contributed by atoms with van der Waals surface area (Å²) in [5, 5.41) is 6.66. The van der Waals surface area contributed by atoms with Gasteiger partial charge in [-0.1, -0.05) is 30.3 Å². The van der Waals surface area contributed by atoms with Crippen LogP contribution in [0.5, 0.6) is 0 Å². The van der Waals surface area contributed by atoms with Gasteiger partial charge in [-0.05, 0) is 43.6 Å². The van der Waals surface area contributed by atoms with E-state index in [0.717, 1.165) is 64.1 Å². The van der Waals surface area contributed by atoms with Gasteiger partial charge in [0.05, 0.1) is 6.61 Å². The summed E-state index contributed by atoms with van der Waals surface area (Å²) in [6.45, 7) is 5.07. The van der Waals surface area contributed by atoms with E-state index in [0.29, 0.717) is 6.61 Å². The zero-order valence-corrected chi connectivity index (χ0v) is 18.2. The molecule has 0 aromatic heterocycles. The highest BCUT2D eigenvalue weighted by Crippen LogP contribution is 2.28. The molecule has 1 aliphatic rings. The van der Waals surface area contributed by atoms with Gasteiger partial charge in [0.1, 0.15) is 0 Å². The van der Waals surface area contributed by atoms with Crippen LogP contribution in [0.15, 0.2) is 35.3 Å². The summed E-state index contributed by atoms with van der Waals surface area (Å²) in [5.41, 5.74) is 1.23. The van der Waals surface area contributed by atoms with Gasteiger partial charge in [0.25, 0.3) is 0 Å². The minimum absolute atomic E-state index is 0. The van der Waals surface area contributed by atoms with E-state index in [9.17, 15) is 0 Å². The number of ether oxygens (including phenoxy) is 2. The average Bonchev–Trinajstić information content (AvgIpc) is 3.47. The smallest absolute Gasteiger partial charge is 0.190 e. The first-order valence-electron chi connectivity index (χ1n) is 9.52. The molecule has 0 saturated heterocycles. The van der Waals surface area contributed by atoms with Crippen molar-refractivity contribution in [3.63, 3.8) is 0 Å². The third kappa shape index (κ3) is 11.7. The summed E-state index contributed by atoms with van der Waals surface area (Å²) in [5.74, 6) is 1.71. The third-order valence-electron chi connectivity index (χ3n) is 4.15. The molecule has 0 aliphatic heterocycles. The van der Waals surface area contributed by atoms with Crippen molar-refractivity contribution < 1.29 is 9.47 Å². The molecular formula is C20H34IN3O2. The van der Waals surface area contributed by atoms with Crippen molar-refractivity contribution in [3.8, 4) is 0 Å². The fraction of sp³-hybridized carbons (Fsp3) is 0.650. The van der Waals surface area contributed by atoms with Crippen LogP contribution in [0.25, 0.3) is 0 Å². The summed E-state index contributed by atoms with van der Waals surface area (Å²) in [7, 11) is 1.81. The van der Waals surface area contributed by atoms with E-state index in [2.05, 4.69) is 27.8 Å². The zero-order chi connectivity index (χ0) is 17.6. The second-order valence-corrected chi connectivity index (χ2v) is 6.54. The number of aliphatic imine (C=N–C) groups is 1. The maximum Gasteiger partial charge on any atom is 0.190 e. The van der Waals surface area contributed by atoms with E-state index >= 15 is 0 Å². The quantitative estimate of drug-likeness (QED) is 0.198. The predicted octanol–water partition coefficient (Wildman–Crippen LogP) is 3.58. The van der Waals surface area contributed by atoms with Gasteiger partial charge in [-0.25, -0.2) is 0 Å². The number of rotatable bonds is 13. The lowest BCUT2D eigenvalue weighted by atomic mass is 10.2. The van der Waals surface area contributed by atoms with Crippen LogP contribution in [0.1, 0.15) is 37.7 Å². The van der Waals surface area contributed by atoms with Gasteiger partial charge in [-0.15, -0.1) is 24.0 Å². The van der Waals surface area contributed by atoms with Gasteiger partial charge < -0.3 is 20.1 Å². The van der Waals surface area contributed by atoms with Gasteiger partial charge in [0.15, 0.2) is 5.96 Å². The number of unbranched alkanes of at least 4 members (excludes halogenated alkanes) is 1. The van der Waals surface area contributed by atoms with E-state index in [1.807, 2.05) is 25.2 Å². The van der Waals surface area contributed by atoms with Gasteiger partial charge in [-0.2, -0.15) is 0 Å². The van der Waals surface area contributed by atoms with Crippen LogP contribution < -0.4 is 10.6 Å². The maximum absolute atomic E-state index is 5.69. The number of hydrogen-bond acceptors (Lipinski definition) is 3. The van der Waals surface area contributed by atoms with Crippen LogP contribution in [-0.4, -0.2) is 45.9 Å². The molecule has 148 valence electrons. The molecule has 1 aromatic carbocycles. The molecule has 0 unspecified atom stereocenters. The number of hydrogen-bond donors (Lipinski definition) is 2. The van der Waals surface area contributed by atoms with E-state index in [1.165, 1.54) is 18.4 Å². The van der Waals surface area contributed by atoms with Crippen molar-refractivity contribution in [2.24, 2.45) is 10.9 Å². The number of nitrogens with zero attached hydrogens (tertiary/aromatic N) is 1. The van der Waals surface area contributed by atoms with Gasteiger partial charge >= 0.3 is 0 Å².